The average Bonchev–Trinajstić information content (AvgIpc) is 2.79. The van der Waals surface area contributed by atoms with Crippen LogP contribution in [0.25, 0.3) is 6.08 Å². The van der Waals surface area contributed by atoms with Crippen LogP contribution in [0.4, 0.5) is 0 Å². The molecule has 9 heteroatoms. The number of halogens is 1. The molecule has 1 aliphatic rings. The quantitative estimate of drug-likeness (QED) is 0.877. The highest BCUT2D eigenvalue weighted by atomic mass is 35.5. The van der Waals surface area contributed by atoms with Crippen LogP contribution < -0.4 is 4.84 Å². The van der Waals surface area contributed by atoms with E-state index in [0.29, 0.717) is 16.3 Å². The maximum Gasteiger partial charge on any atom is 0.329 e. The van der Waals surface area contributed by atoms with Gasteiger partial charge < -0.3 is 4.84 Å². The van der Waals surface area contributed by atoms with E-state index in [1.54, 1.807) is 6.92 Å². The second kappa shape index (κ2) is 6.21. The van der Waals surface area contributed by atoms with Crippen LogP contribution in [0.2, 0.25) is 5.02 Å². The number of rotatable bonds is 3. The van der Waals surface area contributed by atoms with Crippen LogP contribution in [0, 0.1) is 6.92 Å². The summed E-state index contributed by atoms with van der Waals surface area (Å²) in [6.07, 6.45) is 2.84. The monoisotopic (exact) mass is 382 g/mol. The first-order valence-corrected chi connectivity index (χ1v) is 9.15. The van der Waals surface area contributed by atoms with Crippen LogP contribution in [0.15, 0.2) is 40.3 Å². The third kappa shape index (κ3) is 3.04. The van der Waals surface area contributed by atoms with Crippen molar-refractivity contribution in [1.29, 1.82) is 0 Å². The van der Waals surface area contributed by atoms with Gasteiger partial charge in [-0.25, -0.2) is 13.2 Å². The number of benzene rings is 1. The van der Waals surface area contributed by atoms with Crippen molar-refractivity contribution in [2.75, 3.05) is 0 Å². The van der Waals surface area contributed by atoms with Crippen LogP contribution in [-0.4, -0.2) is 29.4 Å². The molecule has 0 saturated carbocycles. The Hall–Kier alpha value is -2.29. The highest BCUT2D eigenvalue weighted by Gasteiger charge is 2.33. The molecule has 0 spiro atoms. The van der Waals surface area contributed by atoms with Gasteiger partial charge in [-0.05, 0) is 37.3 Å². The molecule has 0 fully saturated rings. The molecule has 0 aliphatic carbocycles. The summed E-state index contributed by atoms with van der Waals surface area (Å²) < 4.78 is 27.4. The number of carbonyl (C=O) groups excluding carboxylic acids is 1. The number of hydroxylamine groups is 2. The molecule has 1 aromatic carbocycles. The SMILES string of the molecule is CC(=O)On1c(C)c(S(=O)(=O)c2ccc(Cl)cc2)c2c1C=CN(O)C2. The fourth-order valence-corrected chi connectivity index (χ4v) is 4.58. The minimum Gasteiger partial charge on any atom is -0.337 e. The van der Waals surface area contributed by atoms with Gasteiger partial charge in [0.1, 0.15) is 4.90 Å². The molecule has 0 atom stereocenters. The molecule has 1 aromatic heterocycles. The van der Waals surface area contributed by atoms with Crippen LogP contribution in [-0.2, 0) is 21.2 Å². The Labute approximate surface area is 149 Å². The minimum absolute atomic E-state index is 0.00512. The largest absolute Gasteiger partial charge is 0.337 e. The molecule has 132 valence electrons. The van der Waals surface area contributed by atoms with Crippen LogP contribution in [0.5, 0.6) is 0 Å². The third-order valence-electron chi connectivity index (χ3n) is 3.77. The van der Waals surface area contributed by atoms with E-state index in [1.807, 2.05) is 0 Å². The molecule has 0 amide bonds. The van der Waals surface area contributed by atoms with Gasteiger partial charge in [-0.1, -0.05) is 11.6 Å². The normalized spacial score (nSPS) is 13.7. The second-order valence-corrected chi connectivity index (χ2v) is 7.85. The molecule has 2 heterocycles. The van der Waals surface area contributed by atoms with E-state index in [-0.39, 0.29) is 22.0 Å². The van der Waals surface area contributed by atoms with E-state index in [0.717, 1.165) is 5.06 Å². The number of aromatic nitrogens is 1. The lowest BCUT2D eigenvalue weighted by Crippen LogP contribution is -2.21. The summed E-state index contributed by atoms with van der Waals surface area (Å²) in [5, 5.41) is 11.0. The summed E-state index contributed by atoms with van der Waals surface area (Å²) in [5.74, 6) is -0.587. The number of sulfone groups is 1. The summed E-state index contributed by atoms with van der Waals surface area (Å²) in [7, 11) is -3.91. The van der Waals surface area contributed by atoms with E-state index in [4.69, 9.17) is 16.4 Å². The number of carbonyl (C=O) groups is 1. The Kier molecular flexibility index (Phi) is 4.36. The third-order valence-corrected chi connectivity index (χ3v) is 6.00. The Morgan fingerprint density at radius 2 is 1.92 bits per heavy atom. The number of hydrogen-bond acceptors (Lipinski definition) is 6. The molecule has 2 aromatic rings. The van der Waals surface area contributed by atoms with Gasteiger partial charge in [-0.2, -0.15) is 4.73 Å². The molecule has 0 saturated heterocycles. The van der Waals surface area contributed by atoms with E-state index < -0.39 is 15.8 Å². The van der Waals surface area contributed by atoms with Crippen molar-refractivity contribution in [2.45, 2.75) is 30.2 Å². The smallest absolute Gasteiger partial charge is 0.329 e. The van der Waals surface area contributed by atoms with Gasteiger partial charge in [0.2, 0.25) is 9.84 Å². The average molecular weight is 383 g/mol. The predicted octanol–water partition coefficient (Wildman–Crippen LogP) is 2.43. The maximum absolute atomic E-state index is 13.1. The van der Waals surface area contributed by atoms with Crippen molar-refractivity contribution < 1.29 is 23.3 Å². The Morgan fingerprint density at radius 3 is 2.52 bits per heavy atom. The predicted molar refractivity (Wildman–Crippen MR) is 89.7 cm³/mol. The van der Waals surface area contributed by atoms with Gasteiger partial charge in [-0.15, -0.1) is 0 Å². The van der Waals surface area contributed by atoms with E-state index >= 15 is 0 Å². The minimum atomic E-state index is -3.91. The van der Waals surface area contributed by atoms with Crippen molar-refractivity contribution >= 4 is 33.5 Å². The van der Waals surface area contributed by atoms with Gasteiger partial charge in [0, 0.05) is 23.7 Å². The molecule has 7 nitrogen and oxygen atoms in total. The summed E-state index contributed by atoms with van der Waals surface area (Å²) in [5.41, 5.74) is 0.985. The first kappa shape index (κ1) is 17.5. The first-order valence-electron chi connectivity index (χ1n) is 7.29. The molecule has 0 radical (unpaired) electrons. The van der Waals surface area contributed by atoms with E-state index in [2.05, 4.69) is 0 Å². The Bertz CT molecular complexity index is 977. The number of fused-ring (bicyclic) bond motifs is 1. The van der Waals surface area contributed by atoms with Gasteiger partial charge in [0.05, 0.1) is 22.8 Å². The summed E-state index contributed by atoms with van der Waals surface area (Å²) in [4.78, 5) is 16.6. The highest BCUT2D eigenvalue weighted by Crippen LogP contribution is 2.35. The summed E-state index contributed by atoms with van der Waals surface area (Å²) in [6.45, 7) is 2.72. The summed E-state index contributed by atoms with van der Waals surface area (Å²) in [6, 6.07) is 5.78. The first-order chi connectivity index (χ1) is 11.7. The van der Waals surface area contributed by atoms with Crippen LogP contribution >= 0.6 is 11.6 Å². The fraction of sp³-hybridized carbons (Fsp3) is 0.188. The lowest BCUT2D eigenvalue weighted by atomic mass is 10.2. The molecule has 0 bridgehead atoms. The van der Waals surface area contributed by atoms with Crippen molar-refractivity contribution in [3.63, 3.8) is 0 Å². The molecule has 1 aliphatic heterocycles. The van der Waals surface area contributed by atoms with Gasteiger partial charge in [0.15, 0.2) is 0 Å². The van der Waals surface area contributed by atoms with E-state index in [9.17, 15) is 18.4 Å². The standard InChI is InChI=1S/C16H15ClN2O5S/c1-10-16(25(22,23)13-5-3-12(17)4-6-13)14-9-18(21)8-7-15(14)19(10)24-11(2)20/h3-8,21H,9H2,1-2H3. The lowest BCUT2D eigenvalue weighted by Gasteiger charge is -2.18. The molecule has 0 unspecified atom stereocenters. The van der Waals surface area contributed by atoms with Gasteiger partial charge >= 0.3 is 5.97 Å². The van der Waals surface area contributed by atoms with E-state index in [1.165, 1.54) is 48.2 Å². The molecular weight excluding hydrogens is 368 g/mol. The zero-order valence-corrected chi connectivity index (χ0v) is 15.0. The topological polar surface area (TPSA) is 88.8 Å². The lowest BCUT2D eigenvalue weighted by molar-refractivity contribution is -0.141. The van der Waals surface area contributed by atoms with Crippen LogP contribution in [0.1, 0.15) is 23.9 Å². The molecule has 25 heavy (non-hydrogen) atoms. The van der Waals surface area contributed by atoms with Crippen molar-refractivity contribution in [3.05, 3.63) is 52.4 Å². The zero-order valence-electron chi connectivity index (χ0n) is 13.4. The van der Waals surface area contributed by atoms with Crippen molar-refractivity contribution in [3.8, 4) is 0 Å². The van der Waals surface area contributed by atoms with Gasteiger partial charge in [-0.3, -0.25) is 10.3 Å². The van der Waals surface area contributed by atoms with Crippen molar-refractivity contribution in [1.82, 2.24) is 9.79 Å². The summed E-state index contributed by atoms with van der Waals surface area (Å²) >= 11 is 5.83. The molecule has 1 N–H and O–H groups in total. The Morgan fingerprint density at radius 1 is 1.28 bits per heavy atom. The fourth-order valence-electron chi connectivity index (χ4n) is 2.76. The van der Waals surface area contributed by atoms with Gasteiger partial charge in [0.25, 0.3) is 0 Å². The van der Waals surface area contributed by atoms with Crippen molar-refractivity contribution in [2.24, 2.45) is 0 Å². The molecule has 3 rings (SSSR count). The number of hydrogen-bond donors (Lipinski definition) is 1. The molecular formula is C16H15ClN2O5S. The maximum atomic E-state index is 13.1. The highest BCUT2D eigenvalue weighted by molar-refractivity contribution is 7.91. The second-order valence-electron chi connectivity index (χ2n) is 5.53. The van der Waals surface area contributed by atoms with Crippen LogP contribution in [0.3, 0.4) is 0 Å². The Balaban J connectivity index is 2.25. The zero-order chi connectivity index (χ0) is 18.4. The number of nitrogens with zero attached hydrogens (tertiary/aromatic N) is 2.